The number of nitrogens with one attached hydrogen (secondary N) is 1. The molecular weight excluding hydrogens is 268 g/mol. The van der Waals surface area contributed by atoms with Crippen LogP contribution in [0.4, 0.5) is 10.6 Å². The van der Waals surface area contributed by atoms with Crippen LogP contribution in [0.5, 0.6) is 0 Å². The topological polar surface area (TPSA) is 57.7 Å². The summed E-state index contributed by atoms with van der Waals surface area (Å²) in [5.74, 6) is 0.974. The molecule has 21 heavy (non-hydrogen) atoms. The van der Waals surface area contributed by atoms with E-state index in [9.17, 15) is 4.79 Å². The van der Waals surface area contributed by atoms with Crippen molar-refractivity contribution in [3.63, 3.8) is 0 Å². The third kappa shape index (κ3) is 3.26. The maximum Gasteiger partial charge on any atom is 0.317 e. The fourth-order valence-electron chi connectivity index (χ4n) is 2.73. The maximum atomic E-state index is 12.1. The second-order valence-corrected chi connectivity index (χ2v) is 5.68. The minimum Gasteiger partial charge on any atom is -0.376 e. The first kappa shape index (κ1) is 14.1. The molecule has 3 heterocycles. The van der Waals surface area contributed by atoms with Crippen LogP contribution in [0.2, 0.25) is 0 Å². The Morgan fingerprint density at radius 1 is 1.52 bits per heavy atom. The summed E-state index contributed by atoms with van der Waals surface area (Å²) < 4.78 is 5.51. The van der Waals surface area contributed by atoms with Crippen molar-refractivity contribution in [2.75, 3.05) is 38.2 Å². The Morgan fingerprint density at radius 3 is 3.05 bits per heavy atom. The molecule has 0 aliphatic carbocycles. The molecular formula is C15H22N4O2. The highest BCUT2D eigenvalue weighted by Crippen LogP contribution is 2.20. The molecule has 2 aliphatic heterocycles. The van der Waals surface area contributed by atoms with Crippen LogP contribution in [0.15, 0.2) is 24.4 Å². The van der Waals surface area contributed by atoms with Crippen molar-refractivity contribution >= 4 is 11.8 Å². The molecule has 6 nitrogen and oxygen atoms in total. The fraction of sp³-hybridized carbons (Fsp3) is 0.600. The Morgan fingerprint density at radius 2 is 2.38 bits per heavy atom. The monoisotopic (exact) mass is 290 g/mol. The highest BCUT2D eigenvalue weighted by molar-refractivity contribution is 5.74. The fourth-order valence-corrected chi connectivity index (χ4v) is 2.73. The molecule has 2 aliphatic rings. The largest absolute Gasteiger partial charge is 0.376 e. The van der Waals surface area contributed by atoms with Gasteiger partial charge in [0.1, 0.15) is 5.82 Å². The molecule has 114 valence electrons. The Balaban J connectivity index is 1.42. The lowest BCUT2D eigenvalue weighted by molar-refractivity contribution is 0.107. The van der Waals surface area contributed by atoms with E-state index in [0.717, 1.165) is 38.4 Å². The van der Waals surface area contributed by atoms with Crippen LogP contribution in [0.3, 0.4) is 0 Å². The van der Waals surface area contributed by atoms with Crippen LogP contribution < -0.4 is 10.2 Å². The summed E-state index contributed by atoms with van der Waals surface area (Å²) in [5, 5.41) is 2.96. The minimum atomic E-state index is -0.0174. The number of amides is 2. The number of hydrogen-bond acceptors (Lipinski definition) is 4. The van der Waals surface area contributed by atoms with Crippen molar-refractivity contribution in [2.24, 2.45) is 0 Å². The van der Waals surface area contributed by atoms with Gasteiger partial charge in [0, 0.05) is 39.5 Å². The van der Waals surface area contributed by atoms with Gasteiger partial charge in [0.25, 0.3) is 0 Å². The van der Waals surface area contributed by atoms with Crippen molar-refractivity contribution in [3.8, 4) is 0 Å². The molecule has 2 amide bonds. The van der Waals surface area contributed by atoms with Gasteiger partial charge in [0.2, 0.25) is 0 Å². The van der Waals surface area contributed by atoms with Gasteiger partial charge in [-0.2, -0.15) is 0 Å². The van der Waals surface area contributed by atoms with Crippen LogP contribution in [0.25, 0.3) is 0 Å². The molecule has 1 unspecified atom stereocenters. The predicted octanol–water partition coefficient (Wildman–Crippen LogP) is 1.09. The zero-order valence-electron chi connectivity index (χ0n) is 12.4. The normalized spacial score (nSPS) is 22.0. The van der Waals surface area contributed by atoms with E-state index in [4.69, 9.17) is 4.74 Å². The van der Waals surface area contributed by atoms with Gasteiger partial charge >= 0.3 is 6.03 Å². The van der Waals surface area contributed by atoms with Gasteiger partial charge in [-0.15, -0.1) is 0 Å². The third-order valence-electron chi connectivity index (χ3n) is 4.21. The SMILES string of the molecule is CN(C(=O)NCC1CCCO1)C1CN(c2ccccn2)C1. The number of carbonyl (C=O) groups excluding carboxylic acids is 1. The predicted molar refractivity (Wildman–Crippen MR) is 80.4 cm³/mol. The Kier molecular flexibility index (Phi) is 4.24. The van der Waals surface area contributed by atoms with E-state index >= 15 is 0 Å². The maximum absolute atomic E-state index is 12.1. The van der Waals surface area contributed by atoms with Crippen LogP contribution >= 0.6 is 0 Å². The lowest BCUT2D eigenvalue weighted by Gasteiger charge is -2.44. The van der Waals surface area contributed by atoms with Gasteiger partial charge in [0.15, 0.2) is 0 Å². The van der Waals surface area contributed by atoms with E-state index in [2.05, 4.69) is 15.2 Å². The van der Waals surface area contributed by atoms with E-state index in [-0.39, 0.29) is 18.2 Å². The highest BCUT2D eigenvalue weighted by atomic mass is 16.5. The zero-order valence-corrected chi connectivity index (χ0v) is 12.4. The smallest absolute Gasteiger partial charge is 0.317 e. The van der Waals surface area contributed by atoms with Crippen LogP contribution in [0, 0.1) is 0 Å². The van der Waals surface area contributed by atoms with Crippen molar-refractivity contribution in [1.29, 1.82) is 0 Å². The number of pyridine rings is 1. The number of ether oxygens (including phenoxy) is 1. The number of carbonyl (C=O) groups is 1. The Hall–Kier alpha value is -1.82. The molecule has 3 rings (SSSR count). The van der Waals surface area contributed by atoms with Gasteiger partial charge in [-0.1, -0.05) is 6.07 Å². The lowest BCUT2D eigenvalue weighted by Crippen LogP contribution is -2.61. The average Bonchev–Trinajstić information content (AvgIpc) is 2.97. The molecule has 0 saturated carbocycles. The van der Waals surface area contributed by atoms with Gasteiger partial charge < -0.3 is 19.9 Å². The number of anilines is 1. The van der Waals surface area contributed by atoms with Crippen LogP contribution in [-0.4, -0.2) is 61.3 Å². The summed E-state index contributed by atoms with van der Waals surface area (Å²) in [6, 6.07) is 6.11. The molecule has 2 fully saturated rings. The van der Waals surface area contributed by atoms with Crippen LogP contribution in [-0.2, 0) is 4.74 Å². The molecule has 1 aromatic rings. The Bertz CT molecular complexity index is 470. The number of hydrogen-bond donors (Lipinski definition) is 1. The first-order valence-electron chi connectivity index (χ1n) is 7.52. The number of urea groups is 1. The van der Waals surface area contributed by atoms with E-state index in [1.807, 2.05) is 25.2 Å². The number of likely N-dealkylation sites (N-methyl/N-ethyl adjacent to an activating group) is 1. The minimum absolute atomic E-state index is 0.0174. The number of aromatic nitrogens is 1. The van der Waals surface area contributed by atoms with Gasteiger partial charge in [-0.3, -0.25) is 0 Å². The molecule has 0 aromatic carbocycles. The van der Waals surface area contributed by atoms with Gasteiger partial charge in [-0.25, -0.2) is 9.78 Å². The molecule has 2 saturated heterocycles. The molecule has 1 N–H and O–H groups in total. The van der Waals surface area contributed by atoms with Crippen molar-refractivity contribution in [1.82, 2.24) is 15.2 Å². The lowest BCUT2D eigenvalue weighted by atomic mass is 10.1. The number of rotatable bonds is 4. The third-order valence-corrected chi connectivity index (χ3v) is 4.21. The second-order valence-electron chi connectivity index (χ2n) is 5.68. The molecule has 1 atom stereocenters. The van der Waals surface area contributed by atoms with Crippen LogP contribution in [0.1, 0.15) is 12.8 Å². The second kappa shape index (κ2) is 6.30. The van der Waals surface area contributed by atoms with Crippen molar-refractivity contribution in [2.45, 2.75) is 25.0 Å². The van der Waals surface area contributed by atoms with E-state index in [0.29, 0.717) is 6.54 Å². The quantitative estimate of drug-likeness (QED) is 0.902. The van der Waals surface area contributed by atoms with Gasteiger partial charge in [0.05, 0.1) is 12.1 Å². The summed E-state index contributed by atoms with van der Waals surface area (Å²) >= 11 is 0. The molecule has 6 heteroatoms. The molecule has 1 aromatic heterocycles. The first-order chi connectivity index (χ1) is 10.2. The highest BCUT2D eigenvalue weighted by Gasteiger charge is 2.33. The summed E-state index contributed by atoms with van der Waals surface area (Å²) in [7, 11) is 1.85. The van der Waals surface area contributed by atoms with E-state index in [1.165, 1.54) is 0 Å². The summed E-state index contributed by atoms with van der Waals surface area (Å²) in [6.45, 7) is 3.10. The van der Waals surface area contributed by atoms with E-state index in [1.54, 1.807) is 11.1 Å². The summed E-state index contributed by atoms with van der Waals surface area (Å²) in [6.07, 6.45) is 4.12. The molecule has 0 bridgehead atoms. The van der Waals surface area contributed by atoms with Gasteiger partial charge in [-0.05, 0) is 25.0 Å². The van der Waals surface area contributed by atoms with Crippen molar-refractivity contribution in [3.05, 3.63) is 24.4 Å². The van der Waals surface area contributed by atoms with E-state index < -0.39 is 0 Å². The molecule has 0 radical (unpaired) electrons. The first-order valence-corrected chi connectivity index (χ1v) is 7.52. The zero-order chi connectivity index (χ0) is 14.7. The van der Waals surface area contributed by atoms with Crippen molar-refractivity contribution < 1.29 is 9.53 Å². The Labute approximate surface area is 125 Å². The summed E-state index contributed by atoms with van der Waals surface area (Å²) in [5.41, 5.74) is 0. The summed E-state index contributed by atoms with van der Waals surface area (Å²) in [4.78, 5) is 20.4. The average molecular weight is 290 g/mol. The molecule has 0 spiro atoms. The number of nitrogens with zero attached hydrogens (tertiary/aromatic N) is 3. The standard InChI is InChI=1S/C15H22N4O2/c1-18(15(20)17-9-13-5-4-8-21-13)12-10-19(11-12)14-6-2-3-7-16-14/h2-3,6-7,12-13H,4-5,8-11H2,1H3,(H,17,20).